The van der Waals surface area contributed by atoms with Gasteiger partial charge in [-0.2, -0.15) is 0 Å². The molecule has 0 fully saturated rings. The Balaban J connectivity index is 1.81. The van der Waals surface area contributed by atoms with E-state index in [1.54, 1.807) is 25.1 Å². The molecule has 0 unspecified atom stereocenters. The molecule has 0 bridgehead atoms. The third-order valence-corrected chi connectivity index (χ3v) is 4.10. The standard InChI is InChI=1S/C21H20O6/c1-4-25-15-7-5-14(6-8-15)11-18-20(23)16-9-10-17(13(2)21(16)27-18)26-12-19(22)24-3/h5-11H,4,12H2,1-3H3/b18-11-. The van der Waals surface area contributed by atoms with E-state index in [4.69, 9.17) is 14.2 Å². The summed E-state index contributed by atoms with van der Waals surface area (Å²) in [4.78, 5) is 23.9. The summed E-state index contributed by atoms with van der Waals surface area (Å²) in [7, 11) is 1.29. The van der Waals surface area contributed by atoms with Crippen LogP contribution in [-0.2, 0) is 9.53 Å². The van der Waals surface area contributed by atoms with Crippen LogP contribution in [0.5, 0.6) is 17.2 Å². The molecule has 2 aromatic rings. The SMILES string of the molecule is CCOc1ccc(/C=C2\Oc3c(ccc(OCC(=O)OC)c3C)C2=O)cc1. The number of allylic oxidation sites excluding steroid dienone is 1. The average molecular weight is 368 g/mol. The third-order valence-electron chi connectivity index (χ3n) is 4.10. The van der Waals surface area contributed by atoms with E-state index in [1.165, 1.54) is 7.11 Å². The molecule has 1 aliphatic rings. The number of esters is 1. The zero-order chi connectivity index (χ0) is 19.4. The number of methoxy groups -OCH3 is 1. The molecule has 0 aromatic heterocycles. The van der Waals surface area contributed by atoms with Gasteiger partial charge in [-0.05, 0) is 49.8 Å². The number of carbonyl (C=O) groups excluding carboxylic acids is 2. The summed E-state index contributed by atoms with van der Waals surface area (Å²) in [5, 5.41) is 0. The summed E-state index contributed by atoms with van der Waals surface area (Å²) in [6.07, 6.45) is 1.69. The lowest BCUT2D eigenvalue weighted by atomic mass is 10.1. The van der Waals surface area contributed by atoms with Crippen LogP contribution in [-0.4, -0.2) is 32.1 Å². The number of hydrogen-bond acceptors (Lipinski definition) is 6. The highest BCUT2D eigenvalue weighted by Crippen LogP contribution is 2.39. The Morgan fingerprint density at radius 2 is 1.85 bits per heavy atom. The molecule has 0 aliphatic carbocycles. The van der Waals surface area contributed by atoms with Gasteiger partial charge in [0, 0.05) is 5.56 Å². The van der Waals surface area contributed by atoms with E-state index < -0.39 is 5.97 Å². The topological polar surface area (TPSA) is 71.1 Å². The predicted molar refractivity (Wildman–Crippen MR) is 99.2 cm³/mol. The monoisotopic (exact) mass is 368 g/mol. The maximum atomic E-state index is 12.6. The van der Waals surface area contributed by atoms with Crippen LogP contribution in [0.3, 0.4) is 0 Å². The van der Waals surface area contributed by atoms with Crippen molar-refractivity contribution in [2.45, 2.75) is 13.8 Å². The second-order valence-corrected chi connectivity index (χ2v) is 5.87. The molecule has 0 saturated heterocycles. The molecule has 1 heterocycles. The number of fused-ring (bicyclic) bond motifs is 1. The van der Waals surface area contributed by atoms with Crippen LogP contribution in [0.2, 0.25) is 0 Å². The van der Waals surface area contributed by atoms with Gasteiger partial charge in [-0.3, -0.25) is 4.79 Å². The summed E-state index contributed by atoms with van der Waals surface area (Å²) in [6.45, 7) is 4.08. The number of ketones is 1. The molecule has 0 saturated carbocycles. The fourth-order valence-electron chi connectivity index (χ4n) is 2.70. The number of carbonyl (C=O) groups is 2. The van der Waals surface area contributed by atoms with E-state index in [0.29, 0.717) is 29.2 Å². The minimum absolute atomic E-state index is 0.193. The molecule has 1 aliphatic heterocycles. The van der Waals surface area contributed by atoms with E-state index in [-0.39, 0.29) is 18.1 Å². The predicted octanol–water partition coefficient (Wildman–Crippen LogP) is 3.56. The average Bonchev–Trinajstić information content (AvgIpc) is 2.99. The lowest BCUT2D eigenvalue weighted by Gasteiger charge is -2.10. The summed E-state index contributed by atoms with van der Waals surface area (Å²) in [6, 6.07) is 10.7. The molecule has 2 aromatic carbocycles. The molecule has 0 atom stereocenters. The van der Waals surface area contributed by atoms with Crippen molar-refractivity contribution in [1.29, 1.82) is 0 Å². The van der Waals surface area contributed by atoms with E-state index in [2.05, 4.69) is 4.74 Å². The molecular formula is C21H20O6. The molecule has 27 heavy (non-hydrogen) atoms. The van der Waals surface area contributed by atoms with Crippen LogP contribution in [0.4, 0.5) is 0 Å². The summed E-state index contributed by atoms with van der Waals surface area (Å²) < 4.78 is 21.2. The number of benzene rings is 2. The summed E-state index contributed by atoms with van der Waals surface area (Å²) >= 11 is 0. The highest BCUT2D eigenvalue weighted by molar-refractivity contribution is 6.15. The first-order valence-electron chi connectivity index (χ1n) is 8.53. The minimum atomic E-state index is -0.483. The van der Waals surface area contributed by atoms with Gasteiger partial charge in [0.05, 0.1) is 19.3 Å². The van der Waals surface area contributed by atoms with E-state index >= 15 is 0 Å². The van der Waals surface area contributed by atoms with E-state index in [0.717, 1.165) is 11.3 Å². The van der Waals surface area contributed by atoms with Gasteiger partial charge in [-0.25, -0.2) is 4.79 Å². The Bertz CT molecular complexity index is 896. The van der Waals surface area contributed by atoms with Crippen LogP contribution in [0, 0.1) is 6.92 Å². The second-order valence-electron chi connectivity index (χ2n) is 5.87. The molecule has 6 nitrogen and oxygen atoms in total. The van der Waals surface area contributed by atoms with Gasteiger partial charge in [0.25, 0.3) is 0 Å². The van der Waals surface area contributed by atoms with Crippen molar-refractivity contribution in [3.8, 4) is 17.2 Å². The summed E-state index contributed by atoms with van der Waals surface area (Å²) in [5.74, 6) is 1.24. The smallest absolute Gasteiger partial charge is 0.343 e. The highest BCUT2D eigenvalue weighted by Gasteiger charge is 2.30. The van der Waals surface area contributed by atoms with Crippen LogP contribution in [0.15, 0.2) is 42.2 Å². The van der Waals surface area contributed by atoms with Crippen LogP contribution in [0.25, 0.3) is 6.08 Å². The van der Waals surface area contributed by atoms with Crippen molar-refractivity contribution >= 4 is 17.8 Å². The van der Waals surface area contributed by atoms with Crippen LogP contribution < -0.4 is 14.2 Å². The second kappa shape index (κ2) is 7.95. The Morgan fingerprint density at radius 3 is 2.52 bits per heavy atom. The minimum Gasteiger partial charge on any atom is -0.494 e. The lowest BCUT2D eigenvalue weighted by Crippen LogP contribution is -2.13. The van der Waals surface area contributed by atoms with Crippen molar-refractivity contribution < 1.29 is 28.5 Å². The highest BCUT2D eigenvalue weighted by atomic mass is 16.6. The van der Waals surface area contributed by atoms with Crippen molar-refractivity contribution in [3.05, 3.63) is 58.8 Å². The Morgan fingerprint density at radius 1 is 1.11 bits per heavy atom. The Hall–Kier alpha value is -3.28. The van der Waals surface area contributed by atoms with Crippen LogP contribution >= 0.6 is 0 Å². The van der Waals surface area contributed by atoms with Crippen molar-refractivity contribution in [2.24, 2.45) is 0 Å². The van der Waals surface area contributed by atoms with Crippen molar-refractivity contribution in [2.75, 3.05) is 20.3 Å². The zero-order valence-electron chi connectivity index (χ0n) is 15.4. The van der Waals surface area contributed by atoms with Gasteiger partial charge in [0.15, 0.2) is 12.4 Å². The number of hydrogen-bond donors (Lipinski definition) is 0. The van der Waals surface area contributed by atoms with Gasteiger partial charge in [0.1, 0.15) is 17.2 Å². The van der Waals surface area contributed by atoms with Gasteiger partial charge in [-0.1, -0.05) is 12.1 Å². The third kappa shape index (κ3) is 3.95. The molecule has 0 spiro atoms. The van der Waals surface area contributed by atoms with Gasteiger partial charge in [-0.15, -0.1) is 0 Å². The molecular weight excluding hydrogens is 348 g/mol. The normalized spacial score (nSPS) is 13.9. The molecule has 140 valence electrons. The maximum Gasteiger partial charge on any atom is 0.343 e. The largest absolute Gasteiger partial charge is 0.494 e. The van der Waals surface area contributed by atoms with E-state index in [1.807, 2.05) is 31.2 Å². The van der Waals surface area contributed by atoms with Crippen molar-refractivity contribution in [1.82, 2.24) is 0 Å². The number of Topliss-reactive ketones (excluding diaryl/α,β-unsaturated/α-hetero) is 1. The Kier molecular flexibility index (Phi) is 5.45. The maximum absolute atomic E-state index is 12.6. The fourth-order valence-corrected chi connectivity index (χ4v) is 2.70. The molecule has 0 amide bonds. The van der Waals surface area contributed by atoms with Gasteiger partial charge >= 0.3 is 5.97 Å². The quantitative estimate of drug-likeness (QED) is 0.573. The number of ether oxygens (including phenoxy) is 4. The first kappa shape index (κ1) is 18.5. The molecule has 3 rings (SSSR count). The Labute approximate surface area is 157 Å². The van der Waals surface area contributed by atoms with Gasteiger partial charge in [0.2, 0.25) is 5.78 Å². The number of rotatable bonds is 6. The first-order chi connectivity index (χ1) is 13.0. The lowest BCUT2D eigenvalue weighted by molar-refractivity contribution is -0.142. The van der Waals surface area contributed by atoms with Gasteiger partial charge < -0.3 is 18.9 Å². The molecule has 6 heteroatoms. The first-order valence-corrected chi connectivity index (χ1v) is 8.53. The molecule has 0 radical (unpaired) electrons. The zero-order valence-corrected chi connectivity index (χ0v) is 15.4. The molecule has 0 N–H and O–H groups in total. The fraction of sp³-hybridized carbons (Fsp3) is 0.238. The van der Waals surface area contributed by atoms with Crippen molar-refractivity contribution in [3.63, 3.8) is 0 Å². The van der Waals surface area contributed by atoms with Crippen LogP contribution in [0.1, 0.15) is 28.4 Å². The summed E-state index contributed by atoms with van der Waals surface area (Å²) in [5.41, 5.74) is 1.95. The van der Waals surface area contributed by atoms with E-state index in [9.17, 15) is 9.59 Å².